The fourth-order valence-corrected chi connectivity index (χ4v) is 3.50. The van der Waals surface area contributed by atoms with Crippen LogP contribution >= 0.6 is 0 Å². The summed E-state index contributed by atoms with van der Waals surface area (Å²) in [4.78, 5) is 17.1. The smallest absolute Gasteiger partial charge is 0.349 e. The fourth-order valence-electron chi connectivity index (χ4n) is 3.50. The number of para-hydroxylation sites is 1. The van der Waals surface area contributed by atoms with Crippen LogP contribution in [0, 0.1) is 13.8 Å². The molecule has 5 rings (SSSR count). The van der Waals surface area contributed by atoms with Crippen LogP contribution in [0.15, 0.2) is 86.5 Å². The van der Waals surface area contributed by atoms with Crippen LogP contribution in [-0.4, -0.2) is 10.1 Å². The van der Waals surface area contributed by atoms with Crippen LogP contribution in [0.5, 0.6) is 5.75 Å². The van der Waals surface area contributed by atoms with E-state index in [1.54, 1.807) is 12.1 Å². The van der Waals surface area contributed by atoms with E-state index in [4.69, 9.17) is 13.7 Å². The topological polar surface area (TPSA) is 78.4 Å². The van der Waals surface area contributed by atoms with E-state index in [0.29, 0.717) is 29.2 Å². The number of aryl methyl sites for hydroxylation is 2. The highest BCUT2D eigenvalue weighted by molar-refractivity contribution is 5.85. The third-order valence-electron chi connectivity index (χ3n) is 5.17. The van der Waals surface area contributed by atoms with Crippen LogP contribution in [0.2, 0.25) is 0 Å². The molecule has 0 unspecified atom stereocenters. The molecule has 0 saturated carbocycles. The van der Waals surface area contributed by atoms with Crippen LogP contribution in [0.3, 0.4) is 0 Å². The Morgan fingerprint density at radius 3 is 2.53 bits per heavy atom. The van der Waals surface area contributed by atoms with Crippen LogP contribution in [0.25, 0.3) is 33.8 Å². The molecule has 0 aliphatic rings. The van der Waals surface area contributed by atoms with Crippen LogP contribution in [0.4, 0.5) is 0 Å². The fraction of sp³-hybridized carbons (Fsp3) is 0.115. The van der Waals surface area contributed by atoms with E-state index >= 15 is 0 Å². The molecule has 158 valence electrons. The van der Waals surface area contributed by atoms with E-state index in [1.165, 1.54) is 0 Å². The van der Waals surface area contributed by atoms with Crippen molar-refractivity contribution in [3.63, 3.8) is 0 Å². The van der Waals surface area contributed by atoms with E-state index in [9.17, 15) is 4.79 Å². The average molecular weight is 424 g/mol. The summed E-state index contributed by atoms with van der Waals surface area (Å²) in [6, 6.07) is 23.0. The maximum Gasteiger partial charge on any atom is 0.349 e. The van der Waals surface area contributed by atoms with Crippen LogP contribution in [-0.2, 0) is 6.61 Å². The Bertz CT molecular complexity index is 1470. The molecule has 0 saturated heterocycles. The molecular formula is C26H20N2O4. The Kier molecular flexibility index (Phi) is 5.03. The van der Waals surface area contributed by atoms with Gasteiger partial charge in [-0.1, -0.05) is 76.9 Å². The first-order chi connectivity index (χ1) is 15.6. The molecule has 2 heterocycles. The minimum atomic E-state index is -0.566. The molecule has 32 heavy (non-hydrogen) atoms. The van der Waals surface area contributed by atoms with E-state index < -0.39 is 5.63 Å². The lowest BCUT2D eigenvalue weighted by atomic mass is 10.1. The van der Waals surface area contributed by atoms with Crippen molar-refractivity contribution in [2.45, 2.75) is 20.5 Å². The van der Waals surface area contributed by atoms with Gasteiger partial charge in [0.1, 0.15) is 12.2 Å². The van der Waals surface area contributed by atoms with Gasteiger partial charge >= 0.3 is 5.63 Å². The molecule has 0 N–H and O–H groups in total. The molecule has 0 amide bonds. The minimum absolute atomic E-state index is 0.113. The molecule has 0 radical (unpaired) electrons. The van der Waals surface area contributed by atoms with Crippen molar-refractivity contribution >= 4 is 11.0 Å². The number of rotatable bonds is 5. The quantitative estimate of drug-likeness (QED) is 0.337. The predicted octanol–water partition coefficient (Wildman–Crippen LogP) is 5.71. The van der Waals surface area contributed by atoms with Gasteiger partial charge in [0.2, 0.25) is 5.82 Å². The van der Waals surface area contributed by atoms with Crippen molar-refractivity contribution in [3.05, 3.63) is 99.9 Å². The molecule has 6 nitrogen and oxygen atoms in total. The molecule has 2 aromatic heterocycles. The summed E-state index contributed by atoms with van der Waals surface area (Å²) in [5.41, 5.74) is 4.16. The largest absolute Gasteiger partial charge is 0.485 e. The normalized spacial score (nSPS) is 11.1. The van der Waals surface area contributed by atoms with Gasteiger partial charge in [-0.25, -0.2) is 4.79 Å². The number of fused-ring (bicyclic) bond motifs is 1. The van der Waals surface area contributed by atoms with E-state index in [-0.39, 0.29) is 11.5 Å². The summed E-state index contributed by atoms with van der Waals surface area (Å²) >= 11 is 0. The van der Waals surface area contributed by atoms with Gasteiger partial charge in [-0.3, -0.25) is 0 Å². The van der Waals surface area contributed by atoms with Gasteiger partial charge in [0.15, 0.2) is 11.3 Å². The molecule has 3 aromatic carbocycles. The van der Waals surface area contributed by atoms with Gasteiger partial charge in [0.25, 0.3) is 5.89 Å². The monoisotopic (exact) mass is 424 g/mol. The molecule has 6 heteroatoms. The molecule has 0 fully saturated rings. The van der Waals surface area contributed by atoms with Gasteiger partial charge < -0.3 is 13.7 Å². The van der Waals surface area contributed by atoms with Crippen LogP contribution in [0.1, 0.15) is 16.7 Å². The number of aromatic nitrogens is 2. The summed E-state index contributed by atoms with van der Waals surface area (Å²) in [5.74, 6) is 1.02. The highest BCUT2D eigenvalue weighted by Crippen LogP contribution is 2.29. The SMILES string of the molecule is Cc1ccc(-c2noc(-c3cc4cccc(OCc5cccc(C)c5)c4oc3=O)n2)cc1. The Labute approximate surface area is 184 Å². The summed E-state index contributed by atoms with van der Waals surface area (Å²) in [6.45, 7) is 4.41. The zero-order valence-electron chi connectivity index (χ0n) is 17.7. The second-order valence-electron chi connectivity index (χ2n) is 7.69. The van der Waals surface area contributed by atoms with E-state index in [2.05, 4.69) is 16.2 Å². The zero-order chi connectivity index (χ0) is 22.1. The number of ether oxygens (including phenoxy) is 1. The molecule has 0 spiro atoms. The molecule has 5 aromatic rings. The van der Waals surface area contributed by atoms with Gasteiger partial charge in [-0.05, 0) is 31.5 Å². The first kappa shape index (κ1) is 19.8. The first-order valence-electron chi connectivity index (χ1n) is 10.2. The number of hydrogen-bond donors (Lipinski definition) is 0. The third-order valence-corrected chi connectivity index (χ3v) is 5.17. The van der Waals surface area contributed by atoms with Gasteiger partial charge in [-0.15, -0.1) is 0 Å². The molecule has 0 aliphatic heterocycles. The van der Waals surface area contributed by atoms with E-state index in [0.717, 1.165) is 22.3 Å². The average Bonchev–Trinajstić information content (AvgIpc) is 3.28. The highest BCUT2D eigenvalue weighted by atomic mass is 16.5. The molecule has 0 bridgehead atoms. The summed E-state index contributed by atoms with van der Waals surface area (Å²) in [7, 11) is 0. The first-order valence-corrected chi connectivity index (χ1v) is 10.2. The Hall–Kier alpha value is -4.19. The standard InChI is InChI=1S/C26H20N2O4/c1-16-9-11-19(12-10-16)24-27-25(32-28-24)21-14-20-7-4-8-22(23(20)31-26(21)29)30-15-18-6-3-5-17(2)13-18/h3-14H,15H2,1-2H3. The van der Waals surface area contributed by atoms with Crippen molar-refractivity contribution in [1.29, 1.82) is 0 Å². The molecule has 0 atom stereocenters. The number of nitrogens with zero attached hydrogens (tertiary/aromatic N) is 2. The molecular weight excluding hydrogens is 404 g/mol. The number of hydrogen-bond acceptors (Lipinski definition) is 6. The van der Waals surface area contributed by atoms with Crippen molar-refractivity contribution in [1.82, 2.24) is 10.1 Å². The summed E-state index contributed by atoms with van der Waals surface area (Å²) < 4.78 is 16.9. The summed E-state index contributed by atoms with van der Waals surface area (Å²) in [5, 5.41) is 4.71. The number of benzene rings is 3. The van der Waals surface area contributed by atoms with Crippen molar-refractivity contribution < 1.29 is 13.7 Å². The van der Waals surface area contributed by atoms with Gasteiger partial charge in [0.05, 0.1) is 0 Å². The second kappa shape index (κ2) is 8.15. The maximum absolute atomic E-state index is 12.7. The lowest BCUT2D eigenvalue weighted by molar-refractivity contribution is 0.304. The van der Waals surface area contributed by atoms with Crippen molar-refractivity contribution in [2.75, 3.05) is 0 Å². The van der Waals surface area contributed by atoms with Crippen molar-refractivity contribution in [2.24, 2.45) is 0 Å². The highest BCUT2D eigenvalue weighted by Gasteiger charge is 2.17. The molecule has 0 aliphatic carbocycles. The lowest BCUT2D eigenvalue weighted by Gasteiger charge is -2.09. The van der Waals surface area contributed by atoms with Crippen LogP contribution < -0.4 is 10.4 Å². The predicted molar refractivity (Wildman–Crippen MR) is 121 cm³/mol. The lowest BCUT2D eigenvalue weighted by Crippen LogP contribution is -2.04. The zero-order valence-corrected chi connectivity index (χ0v) is 17.7. The van der Waals surface area contributed by atoms with Gasteiger partial charge in [0, 0.05) is 10.9 Å². The second-order valence-corrected chi connectivity index (χ2v) is 7.69. The minimum Gasteiger partial charge on any atom is -0.485 e. The van der Waals surface area contributed by atoms with Crippen molar-refractivity contribution in [3.8, 4) is 28.6 Å². The third kappa shape index (κ3) is 3.90. The Morgan fingerprint density at radius 2 is 1.72 bits per heavy atom. The van der Waals surface area contributed by atoms with E-state index in [1.807, 2.05) is 68.4 Å². The Balaban J connectivity index is 1.47. The van der Waals surface area contributed by atoms with Gasteiger partial charge in [-0.2, -0.15) is 4.98 Å². The summed E-state index contributed by atoms with van der Waals surface area (Å²) in [6.07, 6.45) is 0. The maximum atomic E-state index is 12.7. The Morgan fingerprint density at radius 1 is 0.906 bits per heavy atom.